The summed E-state index contributed by atoms with van der Waals surface area (Å²) in [5.41, 5.74) is 1.91. The summed E-state index contributed by atoms with van der Waals surface area (Å²) in [5.74, 6) is -1.75. The molecule has 0 saturated heterocycles. The fraction of sp³-hybridized carbons (Fsp3) is 0.667. The Hall–Kier alpha value is -1.83. The van der Waals surface area contributed by atoms with Gasteiger partial charge >= 0.3 is 18.0 Å². The number of hydroxylamine groups is 1. The molecule has 0 aromatic carbocycles. The highest BCUT2D eigenvalue weighted by Crippen LogP contribution is 1.91. The zero-order valence-electron chi connectivity index (χ0n) is 9.76. The van der Waals surface area contributed by atoms with Crippen LogP contribution in [0.4, 0.5) is 4.79 Å². The van der Waals surface area contributed by atoms with Crippen molar-refractivity contribution in [1.29, 1.82) is 0 Å². The third-order valence-electron chi connectivity index (χ3n) is 1.65. The number of urea groups is 1. The molecule has 17 heavy (non-hydrogen) atoms. The van der Waals surface area contributed by atoms with Crippen LogP contribution in [0.1, 0.15) is 13.8 Å². The van der Waals surface area contributed by atoms with Gasteiger partial charge in [-0.3, -0.25) is 9.63 Å². The van der Waals surface area contributed by atoms with Gasteiger partial charge in [0.05, 0.1) is 6.61 Å². The molecule has 8 nitrogen and oxygen atoms in total. The Morgan fingerprint density at radius 2 is 1.94 bits per heavy atom. The summed E-state index contributed by atoms with van der Waals surface area (Å²) in [4.78, 5) is 38.1. The van der Waals surface area contributed by atoms with Gasteiger partial charge in [-0.25, -0.2) is 15.1 Å². The Bertz CT molecular complexity index is 281. The van der Waals surface area contributed by atoms with Gasteiger partial charge in [0, 0.05) is 6.54 Å². The summed E-state index contributed by atoms with van der Waals surface area (Å²) in [7, 11) is 0. The first kappa shape index (κ1) is 15.2. The van der Waals surface area contributed by atoms with E-state index in [0.29, 0.717) is 0 Å². The molecule has 2 N–H and O–H groups in total. The molecular formula is C9H16N2O6. The molecule has 0 aliphatic carbocycles. The molecule has 0 aromatic heterocycles. The summed E-state index contributed by atoms with van der Waals surface area (Å²) in [6.45, 7) is 2.95. The summed E-state index contributed by atoms with van der Waals surface area (Å²) in [6, 6.07) is -0.693. The molecule has 0 spiro atoms. The van der Waals surface area contributed by atoms with Gasteiger partial charge in [-0.2, -0.15) is 0 Å². The van der Waals surface area contributed by atoms with Crippen LogP contribution in [-0.4, -0.2) is 54.3 Å². The number of likely N-dealkylation sites (N-methyl/N-ethyl adjacent to an activating group) is 1. The molecule has 0 aromatic rings. The number of nitrogens with one attached hydrogen (secondary N) is 1. The molecule has 0 fully saturated rings. The van der Waals surface area contributed by atoms with Crippen LogP contribution in [0.3, 0.4) is 0 Å². The van der Waals surface area contributed by atoms with Crippen molar-refractivity contribution in [3.8, 4) is 0 Å². The fourth-order valence-corrected chi connectivity index (χ4v) is 0.914. The van der Waals surface area contributed by atoms with Gasteiger partial charge in [-0.05, 0) is 13.8 Å². The van der Waals surface area contributed by atoms with Gasteiger partial charge < -0.3 is 14.7 Å². The Labute approximate surface area is 98.4 Å². The first-order chi connectivity index (χ1) is 8.01. The minimum atomic E-state index is -1.21. The molecule has 0 atom stereocenters. The van der Waals surface area contributed by atoms with Crippen LogP contribution < -0.4 is 5.48 Å². The maximum absolute atomic E-state index is 11.4. The molecule has 2 amide bonds. The number of carboxylic acids is 1. The number of rotatable bonds is 7. The lowest BCUT2D eigenvalue weighted by molar-refractivity contribution is -0.146. The van der Waals surface area contributed by atoms with Crippen LogP contribution in [0.25, 0.3) is 0 Å². The Kier molecular flexibility index (Phi) is 7.44. The lowest BCUT2D eigenvalue weighted by atomic mass is 10.5. The maximum Gasteiger partial charge on any atom is 0.341 e. The third-order valence-corrected chi connectivity index (χ3v) is 1.65. The van der Waals surface area contributed by atoms with Crippen molar-refractivity contribution in [3.05, 3.63) is 0 Å². The Morgan fingerprint density at radius 1 is 1.29 bits per heavy atom. The van der Waals surface area contributed by atoms with Gasteiger partial charge in [0.1, 0.15) is 6.54 Å². The zero-order valence-corrected chi connectivity index (χ0v) is 9.76. The van der Waals surface area contributed by atoms with Crippen LogP contribution in [0, 0.1) is 0 Å². The molecule has 0 rings (SSSR count). The highest BCUT2D eigenvalue weighted by molar-refractivity contribution is 5.80. The van der Waals surface area contributed by atoms with E-state index < -0.39 is 24.6 Å². The standard InChI is InChI=1S/C9H16N2O6/c1-3-11(5-8(14)16-4-2)9(15)10-17-6-7(12)13/h3-6H2,1-2H3,(H,10,15)(H,12,13). The fourth-order valence-electron chi connectivity index (χ4n) is 0.914. The number of amides is 2. The minimum absolute atomic E-state index is 0.216. The highest BCUT2D eigenvalue weighted by atomic mass is 16.7. The van der Waals surface area contributed by atoms with Gasteiger partial charge in [0.2, 0.25) is 0 Å². The number of carbonyl (C=O) groups is 3. The van der Waals surface area contributed by atoms with Gasteiger partial charge in [0.25, 0.3) is 0 Å². The predicted octanol–water partition coefficient (Wildman–Crippen LogP) is -0.403. The summed E-state index contributed by atoms with van der Waals surface area (Å²) >= 11 is 0. The van der Waals surface area contributed by atoms with E-state index in [1.807, 2.05) is 5.48 Å². The van der Waals surface area contributed by atoms with E-state index in [2.05, 4.69) is 9.57 Å². The van der Waals surface area contributed by atoms with E-state index in [1.165, 1.54) is 0 Å². The van der Waals surface area contributed by atoms with Crippen LogP contribution in [0.2, 0.25) is 0 Å². The van der Waals surface area contributed by atoms with Gasteiger partial charge in [0.15, 0.2) is 6.61 Å². The summed E-state index contributed by atoms with van der Waals surface area (Å²) in [6.07, 6.45) is 0. The van der Waals surface area contributed by atoms with Crippen molar-refractivity contribution in [2.24, 2.45) is 0 Å². The molecule has 8 heteroatoms. The number of hydrogen-bond donors (Lipinski definition) is 2. The van der Waals surface area contributed by atoms with E-state index in [-0.39, 0.29) is 19.7 Å². The average Bonchev–Trinajstić information content (AvgIpc) is 2.25. The molecule has 0 unspecified atom stereocenters. The van der Waals surface area contributed by atoms with E-state index >= 15 is 0 Å². The van der Waals surface area contributed by atoms with E-state index in [4.69, 9.17) is 5.11 Å². The molecule has 0 bridgehead atoms. The molecule has 98 valence electrons. The highest BCUT2D eigenvalue weighted by Gasteiger charge is 2.16. The van der Waals surface area contributed by atoms with Gasteiger partial charge in [-0.1, -0.05) is 0 Å². The van der Waals surface area contributed by atoms with E-state index in [1.54, 1.807) is 13.8 Å². The third kappa shape index (κ3) is 7.12. The molecule has 0 aliphatic rings. The first-order valence-electron chi connectivity index (χ1n) is 5.05. The van der Waals surface area contributed by atoms with Crippen LogP contribution in [0.5, 0.6) is 0 Å². The maximum atomic E-state index is 11.4. The topological polar surface area (TPSA) is 105 Å². The molecule has 0 aliphatic heterocycles. The quantitative estimate of drug-likeness (QED) is 0.469. The van der Waals surface area contributed by atoms with Crippen LogP contribution in [0.15, 0.2) is 0 Å². The largest absolute Gasteiger partial charge is 0.479 e. The van der Waals surface area contributed by atoms with Crippen molar-refractivity contribution in [1.82, 2.24) is 10.4 Å². The SMILES string of the molecule is CCOC(=O)CN(CC)C(=O)NOCC(=O)O. The second-order valence-corrected chi connectivity index (χ2v) is 2.91. The second-order valence-electron chi connectivity index (χ2n) is 2.91. The number of nitrogens with zero attached hydrogens (tertiary/aromatic N) is 1. The summed E-state index contributed by atoms with van der Waals surface area (Å²) < 4.78 is 4.67. The van der Waals surface area contributed by atoms with E-state index in [9.17, 15) is 14.4 Å². The second kappa shape index (κ2) is 8.34. The number of hydrogen-bond acceptors (Lipinski definition) is 5. The van der Waals surface area contributed by atoms with E-state index in [0.717, 1.165) is 4.90 Å². The molecule has 0 radical (unpaired) electrons. The number of carboxylic acid groups (broad SMARTS) is 1. The first-order valence-corrected chi connectivity index (χ1v) is 5.05. The Balaban J connectivity index is 4.03. The normalized spacial score (nSPS) is 9.53. The van der Waals surface area contributed by atoms with Gasteiger partial charge in [-0.15, -0.1) is 0 Å². The number of esters is 1. The van der Waals surface area contributed by atoms with Crippen LogP contribution >= 0.6 is 0 Å². The number of aliphatic carboxylic acids is 1. The average molecular weight is 248 g/mol. The lowest BCUT2D eigenvalue weighted by Crippen LogP contribution is -2.43. The Morgan fingerprint density at radius 3 is 2.41 bits per heavy atom. The lowest BCUT2D eigenvalue weighted by Gasteiger charge is -2.19. The zero-order chi connectivity index (χ0) is 13.3. The molecular weight excluding hydrogens is 232 g/mol. The molecule has 0 heterocycles. The van der Waals surface area contributed by atoms with Crippen molar-refractivity contribution >= 4 is 18.0 Å². The summed E-state index contributed by atoms with van der Waals surface area (Å²) in [5, 5.41) is 8.27. The number of ether oxygens (including phenoxy) is 1. The number of carbonyl (C=O) groups excluding carboxylic acids is 2. The van der Waals surface area contributed by atoms with Crippen molar-refractivity contribution in [2.45, 2.75) is 13.8 Å². The van der Waals surface area contributed by atoms with Crippen molar-refractivity contribution in [2.75, 3.05) is 26.3 Å². The van der Waals surface area contributed by atoms with Crippen LogP contribution in [-0.2, 0) is 19.2 Å². The van der Waals surface area contributed by atoms with Crippen molar-refractivity contribution < 1.29 is 29.1 Å². The monoisotopic (exact) mass is 248 g/mol. The molecule has 0 saturated carbocycles. The smallest absolute Gasteiger partial charge is 0.341 e. The van der Waals surface area contributed by atoms with Crippen molar-refractivity contribution in [3.63, 3.8) is 0 Å². The minimum Gasteiger partial charge on any atom is -0.479 e. The predicted molar refractivity (Wildman–Crippen MR) is 56.0 cm³/mol.